The molecule has 0 aliphatic carbocycles. The third-order valence-electron chi connectivity index (χ3n) is 4.41. The summed E-state index contributed by atoms with van der Waals surface area (Å²) in [6.07, 6.45) is 1.62. The number of hydrogen-bond acceptors (Lipinski definition) is 6. The molecule has 0 unspecified atom stereocenters. The third-order valence-corrected chi connectivity index (χ3v) is 4.41. The summed E-state index contributed by atoms with van der Waals surface area (Å²) in [5, 5.41) is 3.22. The Kier molecular flexibility index (Phi) is 7.54. The zero-order valence-electron chi connectivity index (χ0n) is 17.3. The first-order chi connectivity index (χ1) is 13.4. The van der Waals surface area contributed by atoms with Crippen LogP contribution in [0, 0.1) is 5.92 Å². The minimum absolute atomic E-state index is 0.316. The number of hydrazine groups is 1. The van der Waals surface area contributed by atoms with E-state index in [2.05, 4.69) is 30.0 Å². The summed E-state index contributed by atoms with van der Waals surface area (Å²) in [6, 6.07) is 7.36. The summed E-state index contributed by atoms with van der Waals surface area (Å²) >= 11 is 0. The first-order valence-electron chi connectivity index (χ1n) is 9.62. The largest absolute Gasteiger partial charge is 0.497 e. The van der Waals surface area contributed by atoms with Crippen molar-refractivity contribution in [3.8, 4) is 5.75 Å². The number of nitrogens with one attached hydrogen (secondary N) is 3. The van der Waals surface area contributed by atoms with Gasteiger partial charge in [0.2, 0.25) is 0 Å². The van der Waals surface area contributed by atoms with Crippen LogP contribution in [-0.4, -0.2) is 22.8 Å². The Morgan fingerprint density at radius 2 is 1.93 bits per heavy atom. The van der Waals surface area contributed by atoms with Crippen LogP contribution in [0.15, 0.2) is 33.9 Å². The number of benzene rings is 1. The Balaban J connectivity index is 2.38. The molecule has 8 nitrogen and oxygen atoms in total. The Labute approximate surface area is 165 Å². The van der Waals surface area contributed by atoms with Crippen LogP contribution in [0.5, 0.6) is 5.75 Å². The van der Waals surface area contributed by atoms with Gasteiger partial charge in [-0.15, -0.1) is 0 Å². The maximum atomic E-state index is 12.9. The number of anilines is 3. The van der Waals surface area contributed by atoms with Crippen LogP contribution in [0.4, 0.5) is 17.2 Å². The molecule has 8 heteroatoms. The van der Waals surface area contributed by atoms with E-state index in [9.17, 15) is 9.59 Å². The van der Waals surface area contributed by atoms with E-state index in [-0.39, 0.29) is 11.2 Å². The normalized spacial score (nSPS) is 10.8. The van der Waals surface area contributed by atoms with Crippen molar-refractivity contribution in [2.45, 2.75) is 40.2 Å². The molecule has 0 aliphatic heterocycles. The molecule has 2 rings (SSSR count). The van der Waals surface area contributed by atoms with Crippen LogP contribution in [-0.2, 0) is 13.6 Å². The van der Waals surface area contributed by atoms with E-state index < -0.39 is 0 Å². The lowest BCUT2D eigenvalue weighted by Gasteiger charge is -2.20. The quantitative estimate of drug-likeness (QED) is 0.542. The smallest absolute Gasteiger partial charge is 0.332 e. The van der Waals surface area contributed by atoms with Gasteiger partial charge in [0.25, 0.3) is 5.56 Å². The predicted molar refractivity (Wildman–Crippen MR) is 114 cm³/mol. The average Bonchev–Trinajstić information content (AvgIpc) is 2.68. The molecule has 2 aromatic rings. The maximum Gasteiger partial charge on any atom is 0.332 e. The Bertz CT molecular complexity index is 902. The van der Waals surface area contributed by atoms with Crippen molar-refractivity contribution >= 4 is 17.2 Å². The first-order valence-corrected chi connectivity index (χ1v) is 9.62. The molecule has 0 spiro atoms. The second-order valence-electron chi connectivity index (χ2n) is 7.11. The van der Waals surface area contributed by atoms with Crippen molar-refractivity contribution in [3.05, 3.63) is 45.1 Å². The van der Waals surface area contributed by atoms with Crippen LogP contribution in [0.3, 0.4) is 0 Å². The van der Waals surface area contributed by atoms with Gasteiger partial charge in [-0.3, -0.25) is 24.8 Å². The highest BCUT2D eigenvalue weighted by atomic mass is 16.5. The first kappa shape index (κ1) is 21.4. The van der Waals surface area contributed by atoms with E-state index in [0.29, 0.717) is 42.7 Å². The van der Waals surface area contributed by atoms with Gasteiger partial charge in [0.15, 0.2) is 5.82 Å². The minimum atomic E-state index is -0.351. The van der Waals surface area contributed by atoms with Crippen molar-refractivity contribution in [1.82, 2.24) is 9.13 Å². The number of ether oxygens (including phenoxy) is 1. The topological polar surface area (TPSA) is 89.3 Å². The minimum Gasteiger partial charge on any atom is -0.497 e. The lowest BCUT2D eigenvalue weighted by atomic mass is 10.1. The van der Waals surface area contributed by atoms with Gasteiger partial charge in [-0.05, 0) is 30.9 Å². The van der Waals surface area contributed by atoms with Crippen LogP contribution in [0.2, 0.25) is 0 Å². The van der Waals surface area contributed by atoms with Crippen molar-refractivity contribution in [2.24, 2.45) is 13.0 Å². The van der Waals surface area contributed by atoms with Gasteiger partial charge < -0.3 is 10.1 Å². The van der Waals surface area contributed by atoms with Gasteiger partial charge in [0.1, 0.15) is 11.4 Å². The Morgan fingerprint density at radius 1 is 1.18 bits per heavy atom. The Morgan fingerprint density at radius 3 is 2.57 bits per heavy atom. The fourth-order valence-corrected chi connectivity index (χ4v) is 2.81. The van der Waals surface area contributed by atoms with Crippen LogP contribution < -0.4 is 32.2 Å². The van der Waals surface area contributed by atoms with Gasteiger partial charge >= 0.3 is 5.69 Å². The van der Waals surface area contributed by atoms with E-state index >= 15 is 0 Å². The molecule has 1 aromatic heterocycles. The molecule has 1 aromatic carbocycles. The SMILES string of the molecule is CCCn1c(=O)c(NCCC(C)C)c(NNc2cccc(OC)c2)n(C)c1=O. The molecule has 0 radical (unpaired) electrons. The average molecular weight is 390 g/mol. The van der Waals surface area contributed by atoms with Crippen molar-refractivity contribution in [2.75, 3.05) is 29.8 Å². The van der Waals surface area contributed by atoms with Gasteiger partial charge in [0, 0.05) is 26.2 Å². The summed E-state index contributed by atoms with van der Waals surface area (Å²) in [7, 11) is 3.25. The molecule has 0 amide bonds. The molecule has 0 bridgehead atoms. The lowest BCUT2D eigenvalue weighted by molar-refractivity contribution is 0.415. The number of rotatable bonds is 10. The molecule has 1 heterocycles. The van der Waals surface area contributed by atoms with Gasteiger partial charge in [-0.25, -0.2) is 4.79 Å². The van der Waals surface area contributed by atoms with Crippen LogP contribution in [0.1, 0.15) is 33.6 Å². The molecule has 154 valence electrons. The van der Waals surface area contributed by atoms with E-state index in [0.717, 1.165) is 12.1 Å². The van der Waals surface area contributed by atoms with Gasteiger partial charge in [-0.2, -0.15) is 0 Å². The fourth-order valence-electron chi connectivity index (χ4n) is 2.81. The molecule has 0 atom stereocenters. The second kappa shape index (κ2) is 9.87. The number of methoxy groups -OCH3 is 1. The molecule has 3 N–H and O–H groups in total. The van der Waals surface area contributed by atoms with E-state index in [1.54, 1.807) is 14.2 Å². The number of hydrogen-bond donors (Lipinski definition) is 3. The summed E-state index contributed by atoms with van der Waals surface area (Å²) < 4.78 is 7.94. The number of aromatic nitrogens is 2. The fraction of sp³-hybridized carbons (Fsp3) is 0.500. The molecule has 0 saturated heterocycles. The van der Waals surface area contributed by atoms with Crippen molar-refractivity contribution < 1.29 is 4.74 Å². The standard InChI is InChI=1S/C20H31N5O3/c1-6-12-25-19(26)17(21-11-10-14(2)3)18(24(4)20(25)27)23-22-15-8-7-9-16(13-15)28-5/h7-9,13-14,21-23H,6,10-12H2,1-5H3. The Hall–Kier alpha value is -2.90. The monoisotopic (exact) mass is 389 g/mol. The second-order valence-corrected chi connectivity index (χ2v) is 7.11. The van der Waals surface area contributed by atoms with E-state index in [1.165, 1.54) is 9.13 Å². The predicted octanol–water partition coefficient (Wildman–Crippen LogP) is 2.86. The highest BCUT2D eigenvalue weighted by Gasteiger charge is 2.17. The molecule has 28 heavy (non-hydrogen) atoms. The van der Waals surface area contributed by atoms with Crippen molar-refractivity contribution in [3.63, 3.8) is 0 Å². The highest BCUT2D eigenvalue weighted by molar-refractivity contribution is 5.66. The van der Waals surface area contributed by atoms with E-state index in [1.807, 2.05) is 31.2 Å². The highest BCUT2D eigenvalue weighted by Crippen LogP contribution is 2.19. The number of nitrogens with zero attached hydrogens (tertiary/aromatic N) is 2. The molecular weight excluding hydrogens is 358 g/mol. The van der Waals surface area contributed by atoms with Gasteiger partial charge in [0.05, 0.1) is 12.8 Å². The van der Waals surface area contributed by atoms with Crippen LogP contribution >= 0.6 is 0 Å². The maximum absolute atomic E-state index is 12.9. The molecule has 0 aliphatic rings. The summed E-state index contributed by atoms with van der Waals surface area (Å²) in [5.41, 5.74) is 6.53. The molecular formula is C20H31N5O3. The zero-order chi connectivity index (χ0) is 20.7. The van der Waals surface area contributed by atoms with Crippen LogP contribution in [0.25, 0.3) is 0 Å². The summed E-state index contributed by atoms with van der Waals surface area (Å²) in [5.74, 6) is 1.60. The molecule has 0 saturated carbocycles. The summed E-state index contributed by atoms with van der Waals surface area (Å²) in [6.45, 7) is 7.22. The third kappa shape index (κ3) is 5.09. The lowest BCUT2D eigenvalue weighted by Crippen LogP contribution is -2.42. The van der Waals surface area contributed by atoms with Gasteiger partial charge in [-0.1, -0.05) is 26.8 Å². The summed E-state index contributed by atoms with van der Waals surface area (Å²) in [4.78, 5) is 25.6. The zero-order valence-corrected chi connectivity index (χ0v) is 17.3. The molecule has 0 fully saturated rings. The van der Waals surface area contributed by atoms with E-state index in [4.69, 9.17) is 4.74 Å². The van der Waals surface area contributed by atoms with Crippen molar-refractivity contribution in [1.29, 1.82) is 0 Å².